The molecule has 3 aromatic rings. The van der Waals surface area contributed by atoms with Gasteiger partial charge < -0.3 is 4.74 Å². The molecule has 0 saturated heterocycles. The number of rotatable bonds is 6. The second kappa shape index (κ2) is 8.83. The van der Waals surface area contributed by atoms with E-state index in [2.05, 4.69) is 9.97 Å². The molecule has 0 N–H and O–H groups in total. The van der Waals surface area contributed by atoms with E-state index in [-0.39, 0.29) is 0 Å². The molecule has 0 amide bonds. The Labute approximate surface area is 161 Å². The molecule has 1 aromatic heterocycles. The zero-order valence-corrected chi connectivity index (χ0v) is 15.8. The van der Waals surface area contributed by atoms with Crippen LogP contribution in [0.4, 0.5) is 0 Å². The van der Waals surface area contributed by atoms with Gasteiger partial charge in [0.1, 0.15) is 5.56 Å². The van der Waals surface area contributed by atoms with Crippen LogP contribution in [0.3, 0.4) is 0 Å². The third-order valence-corrected chi connectivity index (χ3v) is 4.77. The maximum Gasteiger partial charge on any atom is 0.341 e. The fraction of sp³-hybridized carbons (Fsp3) is 0.150. The van der Waals surface area contributed by atoms with Crippen molar-refractivity contribution in [2.45, 2.75) is 17.8 Å². The Bertz CT molecular complexity index is 886. The summed E-state index contributed by atoms with van der Waals surface area (Å²) in [6, 6.07) is 17.2. The van der Waals surface area contributed by atoms with Gasteiger partial charge in [-0.25, -0.2) is 14.8 Å². The Hall–Kier alpha value is -2.37. The number of hydrogen-bond donors (Lipinski definition) is 0. The summed E-state index contributed by atoms with van der Waals surface area (Å²) in [7, 11) is 0. The Morgan fingerprint density at radius 1 is 1.12 bits per heavy atom. The maximum absolute atomic E-state index is 12.2. The van der Waals surface area contributed by atoms with Gasteiger partial charge in [-0.2, -0.15) is 0 Å². The Balaban J connectivity index is 1.88. The highest BCUT2D eigenvalue weighted by Crippen LogP contribution is 2.26. The van der Waals surface area contributed by atoms with Gasteiger partial charge >= 0.3 is 5.97 Å². The molecule has 0 bridgehead atoms. The molecule has 0 aliphatic rings. The smallest absolute Gasteiger partial charge is 0.341 e. The Kier molecular flexibility index (Phi) is 6.26. The first kappa shape index (κ1) is 18.4. The molecule has 0 atom stereocenters. The van der Waals surface area contributed by atoms with Gasteiger partial charge in [0.25, 0.3) is 0 Å². The van der Waals surface area contributed by atoms with Crippen LogP contribution in [0, 0.1) is 0 Å². The quantitative estimate of drug-likeness (QED) is 0.329. The molecule has 3 rings (SSSR count). The summed E-state index contributed by atoms with van der Waals surface area (Å²) < 4.78 is 5.13. The van der Waals surface area contributed by atoms with Gasteiger partial charge in [0, 0.05) is 22.5 Å². The van der Waals surface area contributed by atoms with Crippen LogP contribution in [0.2, 0.25) is 5.02 Å². The normalized spacial score (nSPS) is 10.5. The van der Waals surface area contributed by atoms with Crippen LogP contribution in [-0.2, 0) is 10.5 Å². The van der Waals surface area contributed by atoms with Gasteiger partial charge in [-0.3, -0.25) is 0 Å². The van der Waals surface area contributed by atoms with Crippen molar-refractivity contribution in [2.75, 3.05) is 6.61 Å². The highest BCUT2D eigenvalue weighted by Gasteiger charge is 2.17. The number of carbonyl (C=O) groups excluding carboxylic acids is 1. The molecule has 6 heteroatoms. The summed E-state index contributed by atoms with van der Waals surface area (Å²) in [6.07, 6.45) is 1.54. The SMILES string of the molecule is CCOC(=O)c1cnc(SCc2ccc(Cl)cc2)nc1-c1ccccc1. The number of esters is 1. The molecule has 0 unspecified atom stereocenters. The number of hydrogen-bond acceptors (Lipinski definition) is 5. The lowest BCUT2D eigenvalue weighted by Crippen LogP contribution is -2.09. The summed E-state index contributed by atoms with van der Waals surface area (Å²) in [4.78, 5) is 21.2. The topological polar surface area (TPSA) is 52.1 Å². The van der Waals surface area contributed by atoms with Crippen molar-refractivity contribution in [1.82, 2.24) is 9.97 Å². The van der Waals surface area contributed by atoms with Crippen molar-refractivity contribution >= 4 is 29.3 Å². The third kappa shape index (κ3) is 4.62. The van der Waals surface area contributed by atoms with Crippen molar-refractivity contribution in [1.29, 1.82) is 0 Å². The molecule has 0 aliphatic carbocycles. The summed E-state index contributed by atoms with van der Waals surface area (Å²) in [5.41, 5.74) is 2.93. The van der Waals surface area contributed by atoms with Gasteiger partial charge in [0.15, 0.2) is 5.16 Å². The summed E-state index contributed by atoms with van der Waals surface area (Å²) in [6.45, 7) is 2.08. The van der Waals surface area contributed by atoms with Crippen molar-refractivity contribution < 1.29 is 9.53 Å². The molecule has 132 valence electrons. The van der Waals surface area contributed by atoms with E-state index >= 15 is 0 Å². The lowest BCUT2D eigenvalue weighted by molar-refractivity contribution is 0.0526. The third-order valence-electron chi connectivity index (χ3n) is 3.59. The van der Waals surface area contributed by atoms with Crippen molar-refractivity contribution in [2.24, 2.45) is 0 Å². The molecule has 26 heavy (non-hydrogen) atoms. The molecule has 0 spiro atoms. The molecule has 4 nitrogen and oxygen atoms in total. The first-order valence-electron chi connectivity index (χ1n) is 8.14. The van der Waals surface area contributed by atoms with Crippen LogP contribution in [0.15, 0.2) is 66.0 Å². The highest BCUT2D eigenvalue weighted by atomic mass is 35.5. The van der Waals surface area contributed by atoms with Crippen LogP contribution < -0.4 is 0 Å². The molecule has 0 aliphatic heterocycles. The van der Waals surface area contributed by atoms with Gasteiger partial charge in [-0.15, -0.1) is 0 Å². The number of ether oxygens (including phenoxy) is 1. The zero-order chi connectivity index (χ0) is 18.4. The highest BCUT2D eigenvalue weighted by molar-refractivity contribution is 7.98. The summed E-state index contributed by atoms with van der Waals surface area (Å²) >= 11 is 7.42. The van der Waals surface area contributed by atoms with Gasteiger partial charge in [-0.05, 0) is 24.6 Å². The van der Waals surface area contributed by atoms with Crippen LogP contribution in [0.5, 0.6) is 0 Å². The number of halogens is 1. The Morgan fingerprint density at radius 3 is 2.54 bits per heavy atom. The molecule has 1 heterocycles. The van der Waals surface area contributed by atoms with Gasteiger partial charge in [0.2, 0.25) is 0 Å². The average molecular weight is 385 g/mol. The van der Waals surface area contributed by atoms with Crippen LogP contribution in [-0.4, -0.2) is 22.5 Å². The molecule has 0 fully saturated rings. The van der Waals surface area contributed by atoms with Gasteiger partial charge in [-0.1, -0.05) is 65.8 Å². The maximum atomic E-state index is 12.2. The van der Waals surface area contributed by atoms with E-state index in [0.717, 1.165) is 11.1 Å². The molecule has 0 radical (unpaired) electrons. The first-order chi connectivity index (χ1) is 12.7. The van der Waals surface area contributed by atoms with E-state index in [0.29, 0.717) is 33.8 Å². The second-order valence-electron chi connectivity index (χ2n) is 5.42. The van der Waals surface area contributed by atoms with Crippen LogP contribution in [0.1, 0.15) is 22.8 Å². The minimum Gasteiger partial charge on any atom is -0.462 e. The van der Waals surface area contributed by atoms with Crippen LogP contribution >= 0.6 is 23.4 Å². The molecular formula is C20H17ClN2O2S. The van der Waals surface area contributed by atoms with E-state index < -0.39 is 5.97 Å². The second-order valence-corrected chi connectivity index (χ2v) is 6.80. The predicted octanol–water partition coefficient (Wildman–Crippen LogP) is 5.27. The molecule has 2 aromatic carbocycles. The van der Waals surface area contributed by atoms with E-state index in [1.165, 1.54) is 18.0 Å². The minimum absolute atomic E-state index is 0.306. The number of benzene rings is 2. The van der Waals surface area contributed by atoms with E-state index in [1.807, 2.05) is 54.6 Å². The fourth-order valence-corrected chi connectivity index (χ4v) is 3.24. The number of aromatic nitrogens is 2. The van der Waals surface area contributed by atoms with Crippen molar-refractivity contribution in [3.05, 3.63) is 76.9 Å². The number of carbonyl (C=O) groups is 1. The molecular weight excluding hydrogens is 368 g/mol. The minimum atomic E-state index is -0.416. The monoisotopic (exact) mass is 384 g/mol. The van der Waals surface area contributed by atoms with Gasteiger partial charge in [0.05, 0.1) is 12.3 Å². The summed E-state index contributed by atoms with van der Waals surface area (Å²) in [5.74, 6) is 0.296. The van der Waals surface area contributed by atoms with E-state index in [4.69, 9.17) is 16.3 Å². The zero-order valence-electron chi connectivity index (χ0n) is 14.2. The Morgan fingerprint density at radius 2 is 1.85 bits per heavy atom. The predicted molar refractivity (Wildman–Crippen MR) is 104 cm³/mol. The lowest BCUT2D eigenvalue weighted by atomic mass is 10.1. The lowest BCUT2D eigenvalue weighted by Gasteiger charge is -2.10. The van der Waals surface area contributed by atoms with Crippen molar-refractivity contribution in [3.63, 3.8) is 0 Å². The fourth-order valence-electron chi connectivity index (χ4n) is 2.34. The van der Waals surface area contributed by atoms with Crippen molar-refractivity contribution in [3.8, 4) is 11.3 Å². The summed E-state index contributed by atoms with van der Waals surface area (Å²) in [5, 5.41) is 1.31. The number of thioether (sulfide) groups is 1. The van der Waals surface area contributed by atoms with E-state index in [1.54, 1.807) is 6.92 Å². The standard InChI is InChI=1S/C20H17ClN2O2S/c1-2-25-19(24)17-12-22-20(23-18(17)15-6-4-3-5-7-15)26-13-14-8-10-16(21)11-9-14/h3-12H,2,13H2,1H3. The molecule has 0 saturated carbocycles. The first-order valence-corrected chi connectivity index (χ1v) is 9.50. The van der Waals surface area contributed by atoms with Crippen LogP contribution in [0.25, 0.3) is 11.3 Å². The average Bonchev–Trinajstić information content (AvgIpc) is 2.68. The van der Waals surface area contributed by atoms with E-state index in [9.17, 15) is 4.79 Å². The largest absolute Gasteiger partial charge is 0.462 e. The number of nitrogens with zero attached hydrogens (tertiary/aromatic N) is 2.